The Morgan fingerprint density at radius 1 is 0.711 bits per heavy atom. The molecule has 1 heterocycles. The SMILES string of the molecule is CCCC(=O)OC[C@@H]1[C@@H](OC(=O)CCC)[C@H](OC(=O)CCC)[C@@H](OC(=O)CCC)CN1Cc1ccccc1. The maximum absolute atomic E-state index is 12.8. The Balaban J connectivity index is 2.49. The number of hydrogen-bond donors (Lipinski definition) is 0. The minimum absolute atomic E-state index is 0.0623. The molecule has 0 unspecified atom stereocenters. The molecule has 0 aromatic heterocycles. The summed E-state index contributed by atoms with van der Waals surface area (Å²) in [6.45, 7) is 8.06. The lowest BCUT2D eigenvalue weighted by molar-refractivity contribution is -0.211. The highest BCUT2D eigenvalue weighted by atomic mass is 16.6. The average molecular weight is 534 g/mol. The van der Waals surface area contributed by atoms with Gasteiger partial charge in [0.25, 0.3) is 0 Å². The normalized spacial score (nSPS) is 21.4. The monoisotopic (exact) mass is 533 g/mol. The van der Waals surface area contributed by atoms with Gasteiger partial charge in [0, 0.05) is 38.8 Å². The number of ether oxygens (including phenoxy) is 4. The van der Waals surface area contributed by atoms with Gasteiger partial charge in [-0.1, -0.05) is 58.0 Å². The van der Waals surface area contributed by atoms with Gasteiger partial charge in [0.1, 0.15) is 6.61 Å². The predicted molar refractivity (Wildman–Crippen MR) is 141 cm³/mol. The molecule has 0 aliphatic carbocycles. The van der Waals surface area contributed by atoms with Crippen LogP contribution in [0.4, 0.5) is 0 Å². The Kier molecular flexibility index (Phi) is 13.8. The van der Waals surface area contributed by atoms with Crippen LogP contribution in [-0.4, -0.2) is 66.3 Å². The highest BCUT2D eigenvalue weighted by molar-refractivity contribution is 5.72. The molecule has 1 aliphatic heterocycles. The number of carbonyl (C=O) groups is 4. The molecule has 0 spiro atoms. The van der Waals surface area contributed by atoms with Gasteiger partial charge in [-0.3, -0.25) is 24.1 Å². The fraction of sp³-hybridized carbons (Fsp3) is 0.655. The third kappa shape index (κ3) is 10.1. The van der Waals surface area contributed by atoms with Crippen molar-refractivity contribution in [2.24, 2.45) is 0 Å². The topological polar surface area (TPSA) is 108 Å². The van der Waals surface area contributed by atoms with Crippen molar-refractivity contribution in [3.63, 3.8) is 0 Å². The molecule has 1 aromatic rings. The lowest BCUT2D eigenvalue weighted by Crippen LogP contribution is -2.65. The second kappa shape index (κ2) is 16.8. The van der Waals surface area contributed by atoms with Gasteiger partial charge < -0.3 is 18.9 Å². The summed E-state index contributed by atoms with van der Waals surface area (Å²) in [4.78, 5) is 52.3. The van der Waals surface area contributed by atoms with Gasteiger partial charge in [-0.15, -0.1) is 0 Å². The van der Waals surface area contributed by atoms with E-state index in [2.05, 4.69) is 0 Å². The van der Waals surface area contributed by atoms with Crippen LogP contribution < -0.4 is 0 Å². The average Bonchev–Trinajstić information content (AvgIpc) is 2.87. The zero-order valence-corrected chi connectivity index (χ0v) is 23.2. The number of carbonyl (C=O) groups excluding carboxylic acids is 4. The van der Waals surface area contributed by atoms with Crippen LogP contribution >= 0.6 is 0 Å². The predicted octanol–water partition coefficient (Wildman–Crippen LogP) is 4.35. The van der Waals surface area contributed by atoms with Crippen molar-refractivity contribution in [3.05, 3.63) is 35.9 Å². The summed E-state index contributed by atoms with van der Waals surface area (Å²) in [6, 6.07) is 9.06. The molecule has 0 bridgehead atoms. The van der Waals surface area contributed by atoms with Crippen LogP contribution in [0, 0.1) is 0 Å². The Labute approximate surface area is 226 Å². The molecule has 0 saturated carbocycles. The van der Waals surface area contributed by atoms with E-state index in [1.54, 1.807) is 0 Å². The van der Waals surface area contributed by atoms with Crippen molar-refractivity contribution < 1.29 is 38.1 Å². The second-order valence-electron chi connectivity index (χ2n) is 9.60. The Bertz CT molecular complexity index is 890. The van der Waals surface area contributed by atoms with E-state index in [9.17, 15) is 19.2 Å². The largest absolute Gasteiger partial charge is 0.464 e. The molecular formula is C29H43NO8. The number of rotatable bonds is 15. The van der Waals surface area contributed by atoms with Crippen LogP contribution in [0.2, 0.25) is 0 Å². The van der Waals surface area contributed by atoms with Crippen LogP contribution in [0.5, 0.6) is 0 Å². The molecule has 9 nitrogen and oxygen atoms in total. The fourth-order valence-electron chi connectivity index (χ4n) is 4.42. The minimum Gasteiger partial charge on any atom is -0.464 e. The van der Waals surface area contributed by atoms with Crippen molar-refractivity contribution in [2.75, 3.05) is 13.2 Å². The second-order valence-corrected chi connectivity index (χ2v) is 9.60. The van der Waals surface area contributed by atoms with Crippen LogP contribution in [0.25, 0.3) is 0 Å². The first-order chi connectivity index (χ1) is 18.3. The quantitative estimate of drug-likeness (QED) is 0.240. The van der Waals surface area contributed by atoms with E-state index in [1.165, 1.54) is 0 Å². The molecule has 38 heavy (non-hydrogen) atoms. The zero-order chi connectivity index (χ0) is 27.9. The van der Waals surface area contributed by atoms with E-state index in [0.29, 0.717) is 32.2 Å². The van der Waals surface area contributed by atoms with Crippen molar-refractivity contribution >= 4 is 23.9 Å². The maximum Gasteiger partial charge on any atom is 0.306 e. The molecule has 212 valence electrons. The third-order valence-electron chi connectivity index (χ3n) is 6.23. The maximum atomic E-state index is 12.8. The summed E-state index contributed by atoms with van der Waals surface area (Å²) in [5, 5.41) is 0. The molecule has 0 N–H and O–H groups in total. The van der Waals surface area contributed by atoms with Gasteiger partial charge in [0.2, 0.25) is 0 Å². The molecule has 2 rings (SSSR count). The lowest BCUT2D eigenvalue weighted by atomic mass is 9.92. The van der Waals surface area contributed by atoms with Crippen molar-refractivity contribution in [3.8, 4) is 0 Å². The summed E-state index contributed by atoms with van der Waals surface area (Å²) < 4.78 is 23.2. The van der Waals surface area contributed by atoms with Gasteiger partial charge in [0.15, 0.2) is 18.3 Å². The van der Waals surface area contributed by atoms with Gasteiger partial charge in [-0.05, 0) is 31.2 Å². The highest BCUT2D eigenvalue weighted by Gasteiger charge is 2.50. The third-order valence-corrected chi connectivity index (χ3v) is 6.23. The van der Waals surface area contributed by atoms with E-state index in [0.717, 1.165) is 5.56 Å². The molecule has 1 fully saturated rings. The van der Waals surface area contributed by atoms with Crippen LogP contribution in [0.15, 0.2) is 30.3 Å². The van der Waals surface area contributed by atoms with Crippen LogP contribution in [0.1, 0.15) is 84.6 Å². The first-order valence-electron chi connectivity index (χ1n) is 13.8. The number of likely N-dealkylation sites (tertiary alicyclic amines) is 1. The number of hydrogen-bond acceptors (Lipinski definition) is 9. The molecule has 9 heteroatoms. The first-order valence-corrected chi connectivity index (χ1v) is 13.8. The zero-order valence-electron chi connectivity index (χ0n) is 23.2. The van der Waals surface area contributed by atoms with Crippen molar-refractivity contribution in [1.29, 1.82) is 0 Å². The fourth-order valence-corrected chi connectivity index (χ4v) is 4.42. The number of esters is 4. The molecule has 4 atom stereocenters. The van der Waals surface area contributed by atoms with E-state index >= 15 is 0 Å². The Morgan fingerprint density at radius 2 is 1.21 bits per heavy atom. The molecule has 0 amide bonds. The Morgan fingerprint density at radius 3 is 1.76 bits per heavy atom. The Hall–Kier alpha value is -2.94. The smallest absolute Gasteiger partial charge is 0.306 e. The molecular weight excluding hydrogens is 490 g/mol. The van der Waals surface area contributed by atoms with E-state index < -0.39 is 42.3 Å². The van der Waals surface area contributed by atoms with E-state index in [1.807, 2.05) is 62.9 Å². The molecule has 1 aliphatic rings. The summed E-state index contributed by atoms with van der Waals surface area (Å²) in [5.74, 6) is -1.70. The highest BCUT2D eigenvalue weighted by Crippen LogP contribution is 2.29. The number of nitrogens with zero attached hydrogens (tertiary/aromatic N) is 1. The summed E-state index contributed by atoms with van der Waals surface area (Å²) in [5.41, 5.74) is 0.982. The number of piperidine rings is 1. The van der Waals surface area contributed by atoms with E-state index in [-0.39, 0.29) is 44.8 Å². The van der Waals surface area contributed by atoms with Crippen molar-refractivity contribution in [2.45, 2.75) is 110 Å². The summed E-state index contributed by atoms with van der Waals surface area (Å²) >= 11 is 0. The summed E-state index contributed by atoms with van der Waals surface area (Å²) in [6.07, 6.45) is 0.317. The molecule has 1 saturated heterocycles. The molecule has 0 radical (unpaired) electrons. The lowest BCUT2D eigenvalue weighted by Gasteiger charge is -2.47. The van der Waals surface area contributed by atoms with Gasteiger partial charge in [-0.2, -0.15) is 0 Å². The number of benzene rings is 1. The summed E-state index contributed by atoms with van der Waals surface area (Å²) in [7, 11) is 0. The van der Waals surface area contributed by atoms with Gasteiger partial charge in [-0.25, -0.2) is 0 Å². The van der Waals surface area contributed by atoms with Crippen LogP contribution in [-0.2, 0) is 44.7 Å². The standard InChI is InChI=1S/C29H43NO8/c1-5-12-24(31)35-20-22-28(37-26(33)14-7-3)29(38-27(34)15-8-4)23(36-25(32)13-6-2)19-30(22)18-21-16-10-9-11-17-21/h9-11,16-17,22-23,28-29H,5-8,12-15,18-20H2,1-4H3/t22-,23+,28-,29-/m1/s1. The first kappa shape index (κ1) is 31.3. The van der Waals surface area contributed by atoms with Crippen LogP contribution in [0.3, 0.4) is 0 Å². The van der Waals surface area contributed by atoms with Crippen molar-refractivity contribution in [1.82, 2.24) is 4.90 Å². The van der Waals surface area contributed by atoms with Gasteiger partial charge >= 0.3 is 23.9 Å². The van der Waals surface area contributed by atoms with E-state index in [4.69, 9.17) is 18.9 Å². The minimum atomic E-state index is -1.03. The van der Waals surface area contributed by atoms with Gasteiger partial charge in [0.05, 0.1) is 6.04 Å². The molecule has 1 aromatic carbocycles.